The first-order valence-corrected chi connectivity index (χ1v) is 7.41. The minimum atomic E-state index is -0.372. The third-order valence-electron chi connectivity index (χ3n) is 3.62. The first-order valence-electron chi connectivity index (χ1n) is 7.00. The van der Waals surface area contributed by atoms with Gasteiger partial charge in [0.25, 0.3) is 0 Å². The fourth-order valence-electron chi connectivity index (χ4n) is 2.52. The topological polar surface area (TPSA) is 60.9 Å². The molecule has 1 aromatic heterocycles. The van der Waals surface area contributed by atoms with Crippen molar-refractivity contribution in [2.24, 2.45) is 0 Å². The van der Waals surface area contributed by atoms with Crippen molar-refractivity contribution in [1.29, 1.82) is 0 Å². The standard InChI is InChI=1S/C14H23N3OS/c1-14(2,9-18)17-11-8-12(19)16-13(15-11)10-6-4-3-5-7-10/h8,10,18H,3-7,9H2,1-2H3,(H2,15,16,17,19). The molecule has 0 amide bonds. The lowest BCUT2D eigenvalue weighted by Crippen LogP contribution is -2.35. The van der Waals surface area contributed by atoms with Crippen LogP contribution in [0.4, 0.5) is 5.82 Å². The highest BCUT2D eigenvalue weighted by molar-refractivity contribution is 7.71. The number of aromatic nitrogens is 2. The van der Waals surface area contributed by atoms with Gasteiger partial charge in [-0.05, 0) is 26.7 Å². The van der Waals surface area contributed by atoms with E-state index in [0.29, 0.717) is 10.6 Å². The Morgan fingerprint density at radius 1 is 1.42 bits per heavy atom. The minimum absolute atomic E-state index is 0.0642. The molecule has 0 spiro atoms. The molecule has 1 aliphatic carbocycles. The van der Waals surface area contributed by atoms with E-state index >= 15 is 0 Å². The largest absolute Gasteiger partial charge is 0.394 e. The van der Waals surface area contributed by atoms with Gasteiger partial charge in [0.05, 0.1) is 12.1 Å². The molecule has 0 aliphatic heterocycles. The number of nitrogens with one attached hydrogen (secondary N) is 2. The van der Waals surface area contributed by atoms with Crippen LogP contribution in [0.5, 0.6) is 0 Å². The van der Waals surface area contributed by atoms with Gasteiger partial charge in [0, 0.05) is 12.0 Å². The van der Waals surface area contributed by atoms with Crippen LogP contribution < -0.4 is 5.32 Å². The van der Waals surface area contributed by atoms with Gasteiger partial charge < -0.3 is 15.4 Å². The molecule has 0 bridgehead atoms. The van der Waals surface area contributed by atoms with E-state index in [4.69, 9.17) is 12.2 Å². The number of aliphatic hydroxyl groups excluding tert-OH is 1. The second-order valence-electron chi connectivity index (χ2n) is 6.02. The van der Waals surface area contributed by atoms with Crippen molar-refractivity contribution in [3.8, 4) is 0 Å². The lowest BCUT2D eigenvalue weighted by molar-refractivity contribution is 0.234. The molecule has 0 aromatic carbocycles. The molecule has 0 unspecified atom stereocenters. The Morgan fingerprint density at radius 3 is 2.74 bits per heavy atom. The predicted molar refractivity (Wildman–Crippen MR) is 80.0 cm³/mol. The summed E-state index contributed by atoms with van der Waals surface area (Å²) in [5, 5.41) is 12.6. The van der Waals surface area contributed by atoms with Crippen molar-refractivity contribution in [2.75, 3.05) is 11.9 Å². The van der Waals surface area contributed by atoms with Crippen LogP contribution in [0.3, 0.4) is 0 Å². The summed E-state index contributed by atoms with van der Waals surface area (Å²) in [6.07, 6.45) is 6.24. The predicted octanol–water partition coefficient (Wildman–Crippen LogP) is 3.37. The lowest BCUT2D eigenvalue weighted by Gasteiger charge is -2.26. The summed E-state index contributed by atoms with van der Waals surface area (Å²) in [6.45, 7) is 3.96. The van der Waals surface area contributed by atoms with Gasteiger partial charge in [0.15, 0.2) is 0 Å². The van der Waals surface area contributed by atoms with E-state index in [1.54, 1.807) is 0 Å². The lowest BCUT2D eigenvalue weighted by atomic mass is 9.89. The molecule has 0 saturated heterocycles. The molecule has 1 saturated carbocycles. The van der Waals surface area contributed by atoms with E-state index in [1.807, 2.05) is 19.9 Å². The van der Waals surface area contributed by atoms with Crippen molar-refractivity contribution in [3.05, 3.63) is 16.5 Å². The number of hydrogen-bond donors (Lipinski definition) is 3. The Labute approximate surface area is 119 Å². The zero-order valence-electron chi connectivity index (χ0n) is 11.7. The van der Waals surface area contributed by atoms with Crippen molar-refractivity contribution < 1.29 is 5.11 Å². The summed E-state index contributed by atoms with van der Waals surface area (Å²) >= 11 is 5.25. The number of hydrogen-bond acceptors (Lipinski definition) is 4. The summed E-state index contributed by atoms with van der Waals surface area (Å²) in [6, 6.07) is 1.82. The molecule has 19 heavy (non-hydrogen) atoms. The molecule has 4 nitrogen and oxygen atoms in total. The highest BCUT2D eigenvalue weighted by Crippen LogP contribution is 2.31. The maximum atomic E-state index is 9.32. The Bertz CT molecular complexity index is 478. The highest BCUT2D eigenvalue weighted by Gasteiger charge is 2.20. The fraction of sp³-hybridized carbons (Fsp3) is 0.714. The smallest absolute Gasteiger partial charge is 0.131 e. The number of aromatic amines is 1. The van der Waals surface area contributed by atoms with Crippen LogP contribution in [0.25, 0.3) is 0 Å². The Balaban J connectivity index is 2.21. The highest BCUT2D eigenvalue weighted by atomic mass is 32.1. The fourth-order valence-corrected chi connectivity index (χ4v) is 2.73. The van der Waals surface area contributed by atoms with Gasteiger partial charge in [0.1, 0.15) is 16.3 Å². The first kappa shape index (κ1) is 14.5. The Morgan fingerprint density at radius 2 is 2.11 bits per heavy atom. The van der Waals surface area contributed by atoms with Gasteiger partial charge in [-0.15, -0.1) is 0 Å². The summed E-state index contributed by atoms with van der Waals surface area (Å²) in [4.78, 5) is 7.82. The number of H-pyrrole nitrogens is 1. The molecule has 2 rings (SSSR count). The van der Waals surface area contributed by atoms with E-state index in [9.17, 15) is 5.11 Å². The quantitative estimate of drug-likeness (QED) is 0.741. The van der Waals surface area contributed by atoms with Crippen LogP contribution in [0, 0.1) is 4.64 Å². The molecular formula is C14H23N3OS. The maximum Gasteiger partial charge on any atom is 0.131 e. The van der Waals surface area contributed by atoms with Gasteiger partial charge in [-0.25, -0.2) is 4.98 Å². The molecular weight excluding hydrogens is 258 g/mol. The van der Waals surface area contributed by atoms with Gasteiger partial charge in [-0.1, -0.05) is 31.5 Å². The van der Waals surface area contributed by atoms with Crippen molar-refractivity contribution in [3.63, 3.8) is 0 Å². The van der Waals surface area contributed by atoms with E-state index in [-0.39, 0.29) is 12.1 Å². The molecule has 106 valence electrons. The summed E-state index contributed by atoms with van der Waals surface area (Å²) in [5.74, 6) is 2.33. The summed E-state index contributed by atoms with van der Waals surface area (Å²) in [5.41, 5.74) is -0.372. The average Bonchev–Trinajstić information content (AvgIpc) is 2.38. The van der Waals surface area contributed by atoms with Gasteiger partial charge in [-0.3, -0.25) is 0 Å². The first-order chi connectivity index (χ1) is 9.00. The molecule has 0 atom stereocenters. The SMILES string of the molecule is CC(C)(CO)Nc1cc(=S)nc(C2CCCCC2)[nH]1. The summed E-state index contributed by atoms with van der Waals surface area (Å²) in [7, 11) is 0. The Hall–Kier alpha value is -0.940. The minimum Gasteiger partial charge on any atom is -0.394 e. The number of anilines is 1. The van der Waals surface area contributed by atoms with Crippen molar-refractivity contribution in [2.45, 2.75) is 57.4 Å². The van der Waals surface area contributed by atoms with E-state index in [0.717, 1.165) is 11.6 Å². The molecule has 1 aliphatic rings. The van der Waals surface area contributed by atoms with E-state index in [2.05, 4.69) is 15.3 Å². The molecule has 1 aromatic rings. The third kappa shape index (κ3) is 4.01. The molecule has 1 heterocycles. The second kappa shape index (κ2) is 6.01. The van der Waals surface area contributed by atoms with Crippen LogP contribution in [-0.4, -0.2) is 27.2 Å². The van der Waals surface area contributed by atoms with Crippen LogP contribution in [-0.2, 0) is 0 Å². The zero-order valence-corrected chi connectivity index (χ0v) is 12.5. The van der Waals surface area contributed by atoms with Gasteiger partial charge in [0.2, 0.25) is 0 Å². The van der Waals surface area contributed by atoms with E-state index < -0.39 is 0 Å². The zero-order chi connectivity index (χ0) is 13.9. The van der Waals surface area contributed by atoms with Crippen LogP contribution in [0.15, 0.2) is 6.07 Å². The average molecular weight is 281 g/mol. The van der Waals surface area contributed by atoms with Gasteiger partial charge >= 0.3 is 0 Å². The number of aliphatic hydroxyl groups is 1. The van der Waals surface area contributed by atoms with E-state index in [1.165, 1.54) is 32.1 Å². The van der Waals surface area contributed by atoms with Crippen LogP contribution in [0.2, 0.25) is 0 Å². The maximum absolute atomic E-state index is 9.32. The van der Waals surface area contributed by atoms with Crippen molar-refractivity contribution >= 4 is 18.0 Å². The third-order valence-corrected chi connectivity index (χ3v) is 3.83. The normalized spacial score (nSPS) is 17.4. The number of rotatable bonds is 4. The van der Waals surface area contributed by atoms with Crippen LogP contribution >= 0.6 is 12.2 Å². The molecule has 0 radical (unpaired) electrons. The monoisotopic (exact) mass is 281 g/mol. The second-order valence-corrected chi connectivity index (χ2v) is 6.44. The molecule has 1 fully saturated rings. The van der Waals surface area contributed by atoms with Crippen LogP contribution in [0.1, 0.15) is 57.7 Å². The summed E-state index contributed by atoms with van der Waals surface area (Å²) < 4.78 is 0.607. The Kier molecular flexibility index (Phi) is 4.58. The molecule has 3 N–H and O–H groups in total. The van der Waals surface area contributed by atoms with Crippen molar-refractivity contribution in [1.82, 2.24) is 9.97 Å². The molecule has 5 heteroatoms. The van der Waals surface area contributed by atoms with Gasteiger partial charge in [-0.2, -0.15) is 0 Å². The number of nitrogens with zero attached hydrogens (tertiary/aromatic N) is 1.